The summed E-state index contributed by atoms with van der Waals surface area (Å²) in [6.45, 7) is 0.521. The van der Waals surface area contributed by atoms with Crippen molar-refractivity contribution >= 4 is 10.2 Å². The van der Waals surface area contributed by atoms with Gasteiger partial charge >= 0.3 is 0 Å². The van der Waals surface area contributed by atoms with Crippen LogP contribution in [0.25, 0.3) is 0 Å². The number of piperidine rings is 1. The van der Waals surface area contributed by atoms with Crippen LogP contribution in [0.5, 0.6) is 5.75 Å². The van der Waals surface area contributed by atoms with Gasteiger partial charge in [0, 0.05) is 19.1 Å². The summed E-state index contributed by atoms with van der Waals surface area (Å²) in [5.41, 5.74) is 0.829. The third-order valence-electron chi connectivity index (χ3n) is 3.69. The van der Waals surface area contributed by atoms with Crippen LogP contribution in [0.4, 0.5) is 0 Å². The summed E-state index contributed by atoms with van der Waals surface area (Å²) in [4.78, 5) is 0. The molecule has 0 aromatic heterocycles. The van der Waals surface area contributed by atoms with E-state index in [-0.39, 0.29) is 19.2 Å². The highest BCUT2D eigenvalue weighted by Crippen LogP contribution is 2.20. The van der Waals surface area contributed by atoms with E-state index in [1.54, 1.807) is 13.2 Å². The Morgan fingerprint density at radius 1 is 1.43 bits per heavy atom. The normalized spacial score (nSPS) is 20.4. The Labute approximate surface area is 125 Å². The Morgan fingerprint density at radius 3 is 2.95 bits per heavy atom. The summed E-state index contributed by atoms with van der Waals surface area (Å²) < 4.78 is 33.8. The highest BCUT2D eigenvalue weighted by molar-refractivity contribution is 7.87. The summed E-state index contributed by atoms with van der Waals surface area (Å²) in [5, 5.41) is 9.33. The lowest BCUT2D eigenvalue weighted by Gasteiger charge is -2.33. The van der Waals surface area contributed by atoms with E-state index in [4.69, 9.17) is 4.74 Å². The predicted molar refractivity (Wildman–Crippen MR) is 80.2 cm³/mol. The maximum atomic E-state index is 12.4. The van der Waals surface area contributed by atoms with Gasteiger partial charge in [0.2, 0.25) is 0 Å². The first-order chi connectivity index (χ1) is 10.1. The van der Waals surface area contributed by atoms with Gasteiger partial charge in [-0.15, -0.1) is 0 Å². The third kappa shape index (κ3) is 4.16. The first-order valence-corrected chi connectivity index (χ1v) is 8.51. The SMILES string of the molecule is COc1cccc(CNS(=O)(=O)N2CCCCC2CO)c1. The molecule has 1 aromatic carbocycles. The summed E-state index contributed by atoms with van der Waals surface area (Å²) in [5.74, 6) is 0.693. The number of aliphatic hydroxyl groups is 1. The van der Waals surface area contributed by atoms with Crippen LogP contribution in [-0.2, 0) is 16.8 Å². The Bertz CT molecular complexity index is 562. The molecule has 0 amide bonds. The number of benzene rings is 1. The maximum absolute atomic E-state index is 12.4. The predicted octanol–water partition coefficient (Wildman–Crippen LogP) is 0.876. The zero-order valence-electron chi connectivity index (χ0n) is 12.2. The largest absolute Gasteiger partial charge is 0.497 e. The number of nitrogens with one attached hydrogen (secondary N) is 1. The monoisotopic (exact) mass is 314 g/mol. The molecule has 0 aliphatic carbocycles. The smallest absolute Gasteiger partial charge is 0.280 e. The molecule has 7 heteroatoms. The highest BCUT2D eigenvalue weighted by atomic mass is 32.2. The van der Waals surface area contributed by atoms with Gasteiger partial charge in [0.1, 0.15) is 5.75 Å². The van der Waals surface area contributed by atoms with Gasteiger partial charge in [-0.3, -0.25) is 0 Å². The Morgan fingerprint density at radius 2 is 2.24 bits per heavy atom. The minimum absolute atomic E-state index is 0.139. The molecule has 0 radical (unpaired) electrons. The summed E-state index contributed by atoms with van der Waals surface area (Å²) in [7, 11) is -2.01. The van der Waals surface area contributed by atoms with Gasteiger partial charge in [-0.2, -0.15) is 17.4 Å². The molecular formula is C14H22N2O4S. The maximum Gasteiger partial charge on any atom is 0.280 e. The average molecular weight is 314 g/mol. The van der Waals surface area contributed by atoms with Crippen molar-refractivity contribution in [2.75, 3.05) is 20.3 Å². The van der Waals surface area contributed by atoms with Gasteiger partial charge in [-0.05, 0) is 30.5 Å². The van der Waals surface area contributed by atoms with Gasteiger partial charge in [0.05, 0.1) is 13.7 Å². The van der Waals surface area contributed by atoms with Gasteiger partial charge in [0.15, 0.2) is 0 Å². The second-order valence-electron chi connectivity index (χ2n) is 5.12. The fraction of sp³-hybridized carbons (Fsp3) is 0.571. The zero-order chi connectivity index (χ0) is 15.3. The van der Waals surface area contributed by atoms with Crippen LogP contribution in [0.15, 0.2) is 24.3 Å². The molecule has 1 aliphatic rings. The van der Waals surface area contributed by atoms with Gasteiger partial charge in [-0.25, -0.2) is 0 Å². The molecule has 1 fully saturated rings. The van der Waals surface area contributed by atoms with Crippen molar-refractivity contribution in [2.45, 2.75) is 31.8 Å². The molecule has 0 bridgehead atoms. The lowest BCUT2D eigenvalue weighted by Crippen LogP contribution is -2.50. The van der Waals surface area contributed by atoms with Crippen LogP contribution in [0.2, 0.25) is 0 Å². The van der Waals surface area contributed by atoms with E-state index < -0.39 is 10.2 Å². The van der Waals surface area contributed by atoms with E-state index in [1.165, 1.54) is 4.31 Å². The summed E-state index contributed by atoms with van der Waals surface area (Å²) in [6, 6.07) is 6.94. The molecule has 2 rings (SSSR count). The topological polar surface area (TPSA) is 78.9 Å². The van der Waals surface area contributed by atoms with Crippen LogP contribution in [0.3, 0.4) is 0 Å². The average Bonchev–Trinajstić information content (AvgIpc) is 2.53. The van der Waals surface area contributed by atoms with Gasteiger partial charge in [-0.1, -0.05) is 18.6 Å². The second kappa shape index (κ2) is 7.22. The second-order valence-corrected chi connectivity index (χ2v) is 6.83. The van der Waals surface area contributed by atoms with Crippen LogP contribution in [0.1, 0.15) is 24.8 Å². The van der Waals surface area contributed by atoms with Crippen molar-refractivity contribution in [1.29, 1.82) is 0 Å². The van der Waals surface area contributed by atoms with Crippen molar-refractivity contribution in [3.8, 4) is 5.75 Å². The molecule has 0 saturated carbocycles. The molecule has 1 atom stereocenters. The molecule has 1 unspecified atom stereocenters. The van der Waals surface area contributed by atoms with Crippen LogP contribution in [-0.4, -0.2) is 44.1 Å². The van der Waals surface area contributed by atoms with Crippen molar-refractivity contribution in [3.63, 3.8) is 0 Å². The first kappa shape index (κ1) is 16.2. The molecule has 0 spiro atoms. The zero-order valence-corrected chi connectivity index (χ0v) is 13.0. The van der Waals surface area contributed by atoms with E-state index in [0.29, 0.717) is 18.7 Å². The number of aliphatic hydroxyl groups excluding tert-OH is 1. The van der Waals surface area contributed by atoms with Crippen molar-refractivity contribution in [2.24, 2.45) is 0 Å². The minimum Gasteiger partial charge on any atom is -0.497 e. The van der Waals surface area contributed by atoms with E-state index in [0.717, 1.165) is 18.4 Å². The molecule has 2 N–H and O–H groups in total. The van der Waals surface area contributed by atoms with Crippen molar-refractivity contribution in [1.82, 2.24) is 9.03 Å². The van der Waals surface area contributed by atoms with Crippen LogP contribution in [0, 0.1) is 0 Å². The lowest BCUT2D eigenvalue weighted by molar-refractivity contribution is 0.154. The summed E-state index contributed by atoms with van der Waals surface area (Å²) >= 11 is 0. The van der Waals surface area contributed by atoms with E-state index in [1.807, 2.05) is 18.2 Å². The van der Waals surface area contributed by atoms with Crippen molar-refractivity contribution < 1.29 is 18.3 Å². The first-order valence-electron chi connectivity index (χ1n) is 7.07. The molecule has 1 saturated heterocycles. The van der Waals surface area contributed by atoms with Crippen LogP contribution < -0.4 is 9.46 Å². The molecule has 1 heterocycles. The van der Waals surface area contributed by atoms with E-state index >= 15 is 0 Å². The fourth-order valence-corrected chi connectivity index (χ4v) is 3.96. The van der Waals surface area contributed by atoms with E-state index in [9.17, 15) is 13.5 Å². The third-order valence-corrected chi connectivity index (χ3v) is 5.29. The van der Waals surface area contributed by atoms with Crippen LogP contribution >= 0.6 is 0 Å². The number of nitrogens with zero attached hydrogens (tertiary/aromatic N) is 1. The summed E-state index contributed by atoms with van der Waals surface area (Å²) in [6.07, 6.45) is 2.49. The lowest BCUT2D eigenvalue weighted by atomic mass is 10.1. The molecule has 1 aliphatic heterocycles. The fourth-order valence-electron chi connectivity index (χ4n) is 2.51. The van der Waals surface area contributed by atoms with Crippen molar-refractivity contribution in [3.05, 3.63) is 29.8 Å². The molecule has 21 heavy (non-hydrogen) atoms. The number of hydrogen-bond donors (Lipinski definition) is 2. The molecule has 1 aromatic rings. The quantitative estimate of drug-likeness (QED) is 0.817. The number of rotatable bonds is 6. The van der Waals surface area contributed by atoms with Gasteiger partial charge in [0.25, 0.3) is 10.2 Å². The Hall–Kier alpha value is -1.15. The molecule has 118 valence electrons. The van der Waals surface area contributed by atoms with E-state index in [2.05, 4.69) is 4.72 Å². The standard InChI is InChI=1S/C14H22N2O4S/c1-20-14-7-4-5-12(9-14)10-15-21(18,19)16-8-3-2-6-13(16)11-17/h4-5,7,9,13,15,17H,2-3,6,8,10-11H2,1H3. The van der Waals surface area contributed by atoms with Gasteiger partial charge < -0.3 is 9.84 Å². The highest BCUT2D eigenvalue weighted by Gasteiger charge is 2.31. The Kier molecular flexibility index (Phi) is 5.58. The molecular weight excluding hydrogens is 292 g/mol. The molecule has 6 nitrogen and oxygen atoms in total. The Balaban J connectivity index is 2.03. The number of hydrogen-bond acceptors (Lipinski definition) is 4. The number of ether oxygens (including phenoxy) is 1. The number of methoxy groups -OCH3 is 1. The minimum atomic E-state index is -3.58.